The van der Waals surface area contributed by atoms with Gasteiger partial charge in [-0.05, 0) is 64.5 Å². The van der Waals surface area contributed by atoms with Crippen LogP contribution in [0.2, 0.25) is 0 Å². The summed E-state index contributed by atoms with van der Waals surface area (Å²) in [6.45, 7) is 8.99. The Kier molecular flexibility index (Phi) is 6.90. The van der Waals surface area contributed by atoms with Crippen molar-refractivity contribution in [2.24, 2.45) is 5.92 Å². The van der Waals surface area contributed by atoms with E-state index in [0.29, 0.717) is 36.6 Å². The summed E-state index contributed by atoms with van der Waals surface area (Å²) < 4.78 is 7.26. The van der Waals surface area contributed by atoms with Crippen LogP contribution in [0.4, 0.5) is 0 Å². The molecular formula is C29H40N4O4. The molecule has 3 saturated carbocycles. The van der Waals surface area contributed by atoms with Crippen LogP contribution in [0.1, 0.15) is 106 Å². The number of aliphatic hydroxyl groups is 1. The summed E-state index contributed by atoms with van der Waals surface area (Å²) in [7, 11) is 0. The molecule has 1 amide bonds. The minimum Gasteiger partial charge on any atom is -0.464 e. The fourth-order valence-electron chi connectivity index (χ4n) is 5.69. The van der Waals surface area contributed by atoms with Crippen molar-refractivity contribution in [2.75, 3.05) is 0 Å². The third-order valence-corrected chi connectivity index (χ3v) is 8.61. The zero-order valence-corrected chi connectivity index (χ0v) is 22.5. The highest BCUT2D eigenvalue weighted by Crippen LogP contribution is 2.47. The van der Waals surface area contributed by atoms with Gasteiger partial charge in [-0.25, -0.2) is 9.97 Å². The first-order valence-electron chi connectivity index (χ1n) is 13.8. The second-order valence-corrected chi connectivity index (χ2v) is 12.2. The van der Waals surface area contributed by atoms with Crippen molar-refractivity contribution in [2.45, 2.75) is 115 Å². The van der Waals surface area contributed by atoms with E-state index in [1.165, 1.54) is 32.1 Å². The summed E-state index contributed by atoms with van der Waals surface area (Å²) in [5, 5.41) is 13.9. The van der Waals surface area contributed by atoms with Gasteiger partial charge in [-0.15, -0.1) is 0 Å². The average Bonchev–Trinajstić information content (AvgIpc) is 3.52. The van der Waals surface area contributed by atoms with E-state index in [4.69, 9.17) is 14.7 Å². The van der Waals surface area contributed by atoms with E-state index < -0.39 is 5.60 Å². The van der Waals surface area contributed by atoms with Gasteiger partial charge in [-0.2, -0.15) is 0 Å². The Morgan fingerprint density at radius 2 is 1.92 bits per heavy atom. The maximum absolute atomic E-state index is 13.4. The van der Waals surface area contributed by atoms with Gasteiger partial charge in [0.15, 0.2) is 5.82 Å². The number of amides is 1. The first kappa shape index (κ1) is 25.9. The lowest BCUT2D eigenvalue weighted by molar-refractivity contribution is -0.138. The number of ether oxygens (including phenoxy) is 1. The number of hydrogen-bond acceptors (Lipinski definition) is 6. The SMILES string of the molecule is Cc1c(C(=O)N[C@H]2C[C@H](OC=O)C2)cc(-c2cc(C3(C)CC3)nc(C(C)(C)O)n2)n1CC1CCCCC1. The van der Waals surface area contributed by atoms with E-state index in [0.717, 1.165) is 42.2 Å². The molecule has 0 atom stereocenters. The van der Waals surface area contributed by atoms with Crippen molar-refractivity contribution in [1.29, 1.82) is 0 Å². The minimum absolute atomic E-state index is 0.00394. The van der Waals surface area contributed by atoms with Crippen LogP contribution >= 0.6 is 0 Å². The lowest BCUT2D eigenvalue weighted by Gasteiger charge is -2.34. The van der Waals surface area contributed by atoms with Crippen molar-refractivity contribution < 1.29 is 19.4 Å². The summed E-state index contributed by atoms with van der Waals surface area (Å²) >= 11 is 0. The highest BCUT2D eigenvalue weighted by molar-refractivity contribution is 5.97. The van der Waals surface area contributed by atoms with Gasteiger partial charge in [0.05, 0.1) is 22.6 Å². The summed E-state index contributed by atoms with van der Waals surface area (Å²) in [5.41, 5.74) is 3.04. The number of hydrogen-bond donors (Lipinski definition) is 2. The molecule has 5 rings (SSSR count). The molecule has 8 nitrogen and oxygen atoms in total. The molecule has 3 aliphatic carbocycles. The second kappa shape index (κ2) is 9.86. The van der Waals surface area contributed by atoms with E-state index in [9.17, 15) is 14.7 Å². The standard InChI is InChI=1S/C29H40N4O4/c1-18-22(26(35)30-20-12-21(13-20)37-17-34)14-24(33(18)16-19-8-6-5-7-9-19)23-15-25(29(4)10-11-29)32-27(31-23)28(2,3)36/h14-15,17,19-21,36H,5-13,16H2,1-4H3,(H,30,35)/t20-,21-. The van der Waals surface area contributed by atoms with Crippen LogP contribution in [0.3, 0.4) is 0 Å². The van der Waals surface area contributed by atoms with Crippen LogP contribution in [0.15, 0.2) is 12.1 Å². The summed E-state index contributed by atoms with van der Waals surface area (Å²) in [5.74, 6) is 0.873. The van der Waals surface area contributed by atoms with Crippen LogP contribution in [0.25, 0.3) is 11.4 Å². The Hall–Kier alpha value is -2.74. The van der Waals surface area contributed by atoms with E-state index in [-0.39, 0.29) is 23.5 Å². The third kappa shape index (κ3) is 5.44. The fourth-order valence-corrected chi connectivity index (χ4v) is 5.69. The molecule has 2 heterocycles. The lowest BCUT2D eigenvalue weighted by atomic mass is 9.89. The Morgan fingerprint density at radius 3 is 2.54 bits per heavy atom. The fraction of sp³-hybridized carbons (Fsp3) is 0.655. The molecule has 3 fully saturated rings. The summed E-state index contributed by atoms with van der Waals surface area (Å²) in [6.07, 6.45) is 9.49. The van der Waals surface area contributed by atoms with Crippen molar-refractivity contribution in [3.8, 4) is 11.4 Å². The van der Waals surface area contributed by atoms with Gasteiger partial charge in [0.25, 0.3) is 12.4 Å². The van der Waals surface area contributed by atoms with Crippen LogP contribution in [0, 0.1) is 12.8 Å². The number of carbonyl (C=O) groups is 2. The summed E-state index contributed by atoms with van der Waals surface area (Å²) in [6, 6.07) is 4.02. The first-order valence-corrected chi connectivity index (χ1v) is 13.8. The molecule has 2 N–H and O–H groups in total. The van der Waals surface area contributed by atoms with Crippen molar-refractivity contribution in [3.63, 3.8) is 0 Å². The highest BCUT2D eigenvalue weighted by atomic mass is 16.5. The maximum Gasteiger partial charge on any atom is 0.293 e. The maximum atomic E-state index is 13.4. The Bertz CT molecular complexity index is 1140. The van der Waals surface area contributed by atoms with Gasteiger partial charge in [0.1, 0.15) is 11.7 Å². The zero-order chi connectivity index (χ0) is 26.4. The second-order valence-electron chi connectivity index (χ2n) is 12.2. The van der Waals surface area contributed by atoms with Crippen molar-refractivity contribution in [1.82, 2.24) is 19.9 Å². The predicted molar refractivity (Wildman–Crippen MR) is 140 cm³/mol. The number of nitrogens with zero attached hydrogens (tertiary/aromatic N) is 3. The van der Waals surface area contributed by atoms with Crippen LogP contribution in [-0.4, -0.2) is 44.2 Å². The Labute approximate surface area is 219 Å². The molecular weight excluding hydrogens is 468 g/mol. The van der Waals surface area contributed by atoms with Gasteiger partial charge in [0, 0.05) is 36.5 Å². The molecule has 2 aromatic rings. The van der Waals surface area contributed by atoms with Gasteiger partial charge in [-0.1, -0.05) is 26.2 Å². The van der Waals surface area contributed by atoms with Crippen molar-refractivity contribution >= 4 is 12.4 Å². The van der Waals surface area contributed by atoms with Crippen LogP contribution in [0.5, 0.6) is 0 Å². The molecule has 0 saturated heterocycles. The summed E-state index contributed by atoms with van der Waals surface area (Å²) in [4.78, 5) is 33.6. The van der Waals surface area contributed by atoms with Crippen molar-refractivity contribution in [3.05, 3.63) is 34.9 Å². The molecule has 0 aromatic carbocycles. The number of nitrogens with one attached hydrogen (secondary N) is 1. The monoisotopic (exact) mass is 508 g/mol. The molecule has 37 heavy (non-hydrogen) atoms. The number of rotatable bonds is 9. The van der Waals surface area contributed by atoms with E-state index >= 15 is 0 Å². The predicted octanol–water partition coefficient (Wildman–Crippen LogP) is 4.55. The molecule has 8 heteroatoms. The van der Waals surface area contributed by atoms with E-state index in [1.807, 2.05) is 13.0 Å². The highest BCUT2D eigenvalue weighted by Gasteiger charge is 2.42. The molecule has 0 spiro atoms. The largest absolute Gasteiger partial charge is 0.464 e. The lowest BCUT2D eigenvalue weighted by Crippen LogP contribution is -2.47. The van der Waals surface area contributed by atoms with Gasteiger partial charge in [0.2, 0.25) is 0 Å². The molecule has 2 aromatic heterocycles. The van der Waals surface area contributed by atoms with Crippen LogP contribution < -0.4 is 5.32 Å². The topological polar surface area (TPSA) is 106 Å². The number of aromatic nitrogens is 3. The first-order chi connectivity index (χ1) is 17.6. The zero-order valence-electron chi connectivity index (χ0n) is 22.5. The molecule has 0 bridgehead atoms. The van der Waals surface area contributed by atoms with Gasteiger partial charge >= 0.3 is 0 Å². The Morgan fingerprint density at radius 1 is 1.22 bits per heavy atom. The van der Waals surface area contributed by atoms with Crippen LogP contribution in [-0.2, 0) is 27.1 Å². The van der Waals surface area contributed by atoms with E-state index in [2.05, 4.69) is 22.9 Å². The molecule has 0 radical (unpaired) electrons. The number of carbonyl (C=O) groups excluding carboxylic acids is 2. The van der Waals surface area contributed by atoms with E-state index in [1.54, 1.807) is 13.8 Å². The normalized spacial score (nSPS) is 23.3. The van der Waals surface area contributed by atoms with Gasteiger partial charge < -0.3 is 19.7 Å². The molecule has 200 valence electrons. The minimum atomic E-state index is -1.17. The molecule has 0 unspecified atom stereocenters. The molecule has 3 aliphatic rings. The average molecular weight is 509 g/mol. The molecule has 0 aliphatic heterocycles. The Balaban J connectivity index is 1.51. The quantitative estimate of drug-likeness (QED) is 0.482. The smallest absolute Gasteiger partial charge is 0.293 e. The van der Waals surface area contributed by atoms with Gasteiger partial charge in [-0.3, -0.25) is 9.59 Å². The third-order valence-electron chi connectivity index (χ3n) is 8.61.